The Balaban J connectivity index is 1.54. The van der Waals surface area contributed by atoms with Crippen molar-refractivity contribution in [2.45, 2.75) is 37.7 Å². The Hall–Kier alpha value is -3.06. The van der Waals surface area contributed by atoms with Crippen molar-refractivity contribution in [3.8, 4) is 5.69 Å². The van der Waals surface area contributed by atoms with Crippen LogP contribution in [0, 0.1) is 13.8 Å². The van der Waals surface area contributed by atoms with Crippen LogP contribution >= 0.6 is 11.8 Å². The molecule has 0 aliphatic rings. The molecule has 3 heterocycles. The minimum absolute atomic E-state index is 0.0800. The molecule has 0 saturated carbocycles. The first-order valence-electron chi connectivity index (χ1n) is 9.40. The van der Waals surface area contributed by atoms with E-state index in [-0.39, 0.29) is 11.0 Å². The lowest BCUT2D eigenvalue weighted by Gasteiger charge is -2.12. The Morgan fingerprint density at radius 3 is 2.69 bits per heavy atom. The molecule has 29 heavy (non-hydrogen) atoms. The van der Waals surface area contributed by atoms with Crippen molar-refractivity contribution in [3.63, 3.8) is 0 Å². The van der Waals surface area contributed by atoms with Crippen LogP contribution < -0.4 is 0 Å². The van der Waals surface area contributed by atoms with Crippen LogP contribution in [-0.2, 0) is 6.54 Å². The number of benzene rings is 1. The van der Waals surface area contributed by atoms with Gasteiger partial charge in [-0.3, -0.25) is 9.36 Å². The molecule has 0 amide bonds. The average molecular weight is 407 g/mol. The fourth-order valence-electron chi connectivity index (χ4n) is 3.35. The summed E-state index contributed by atoms with van der Waals surface area (Å²) in [5.74, 6) is 0.945. The number of hydrogen-bond donors (Lipinski definition) is 0. The van der Waals surface area contributed by atoms with Gasteiger partial charge in [0, 0.05) is 22.6 Å². The van der Waals surface area contributed by atoms with Gasteiger partial charge in [-0.15, -0.1) is 10.2 Å². The Kier molecular flexibility index (Phi) is 5.40. The molecular formula is C22H22N4O2S. The number of furan rings is 1. The largest absolute Gasteiger partial charge is 0.467 e. The van der Waals surface area contributed by atoms with E-state index < -0.39 is 0 Å². The molecule has 3 aromatic heterocycles. The summed E-state index contributed by atoms with van der Waals surface area (Å²) in [5.41, 5.74) is 3.68. The molecule has 0 radical (unpaired) electrons. The van der Waals surface area contributed by atoms with Crippen LogP contribution in [0.15, 0.2) is 70.7 Å². The Morgan fingerprint density at radius 1 is 1.17 bits per heavy atom. The third-order valence-electron chi connectivity index (χ3n) is 4.94. The molecule has 0 saturated heterocycles. The Bertz CT molecular complexity index is 1110. The normalized spacial score (nSPS) is 12.2. The summed E-state index contributed by atoms with van der Waals surface area (Å²) in [6, 6.07) is 15.6. The molecule has 1 aromatic carbocycles. The molecule has 0 aliphatic heterocycles. The van der Waals surface area contributed by atoms with Crippen LogP contribution in [-0.4, -0.2) is 30.4 Å². The number of ketones is 1. The number of rotatable bonds is 7. The molecule has 0 spiro atoms. The van der Waals surface area contributed by atoms with Gasteiger partial charge < -0.3 is 8.98 Å². The first kappa shape index (κ1) is 19.3. The van der Waals surface area contributed by atoms with E-state index >= 15 is 0 Å². The summed E-state index contributed by atoms with van der Waals surface area (Å²) in [4.78, 5) is 13.2. The Labute approximate surface area is 173 Å². The molecule has 0 N–H and O–H groups in total. The fraction of sp³-hybridized carbons (Fsp3) is 0.227. The van der Waals surface area contributed by atoms with Crippen molar-refractivity contribution in [2.24, 2.45) is 0 Å². The minimum atomic E-state index is -0.292. The molecule has 6 nitrogen and oxygen atoms in total. The van der Waals surface area contributed by atoms with Crippen LogP contribution in [0.25, 0.3) is 5.69 Å². The topological polar surface area (TPSA) is 65.8 Å². The maximum atomic E-state index is 13.2. The molecule has 0 unspecified atom stereocenters. The van der Waals surface area contributed by atoms with Gasteiger partial charge in [-0.05, 0) is 51.1 Å². The predicted octanol–water partition coefficient (Wildman–Crippen LogP) is 4.69. The molecular weight excluding hydrogens is 384 g/mol. The number of hydrogen-bond acceptors (Lipinski definition) is 5. The van der Waals surface area contributed by atoms with Crippen molar-refractivity contribution < 1.29 is 9.21 Å². The highest BCUT2D eigenvalue weighted by atomic mass is 32.2. The van der Waals surface area contributed by atoms with E-state index in [9.17, 15) is 4.79 Å². The van der Waals surface area contributed by atoms with Gasteiger partial charge in [-0.2, -0.15) is 0 Å². The molecule has 148 valence electrons. The van der Waals surface area contributed by atoms with Crippen LogP contribution in [0.3, 0.4) is 0 Å². The van der Waals surface area contributed by atoms with Crippen LogP contribution in [0.1, 0.15) is 34.4 Å². The third kappa shape index (κ3) is 3.91. The molecule has 4 aromatic rings. The molecule has 7 heteroatoms. The van der Waals surface area contributed by atoms with E-state index in [0.717, 1.165) is 28.4 Å². The second-order valence-electron chi connectivity index (χ2n) is 6.89. The SMILES string of the molecule is Cc1cc(C(=O)[C@@H](C)Sc2nncn2-c2ccccc2)c(C)n1Cc1ccco1. The number of thioether (sulfide) groups is 1. The van der Waals surface area contributed by atoms with Gasteiger partial charge in [-0.25, -0.2) is 0 Å². The summed E-state index contributed by atoms with van der Waals surface area (Å²) in [6.45, 7) is 6.51. The summed E-state index contributed by atoms with van der Waals surface area (Å²) in [5, 5.41) is 8.64. The first-order chi connectivity index (χ1) is 14.0. The van der Waals surface area contributed by atoms with Gasteiger partial charge in [0.25, 0.3) is 0 Å². The number of Topliss-reactive ketones (excluding diaryl/α,β-unsaturated/α-hetero) is 1. The van der Waals surface area contributed by atoms with E-state index in [4.69, 9.17) is 4.42 Å². The van der Waals surface area contributed by atoms with Crippen molar-refractivity contribution in [1.29, 1.82) is 0 Å². The van der Waals surface area contributed by atoms with Gasteiger partial charge in [-0.1, -0.05) is 30.0 Å². The minimum Gasteiger partial charge on any atom is -0.467 e. The zero-order chi connectivity index (χ0) is 20.4. The summed E-state index contributed by atoms with van der Waals surface area (Å²) >= 11 is 1.42. The summed E-state index contributed by atoms with van der Waals surface area (Å²) in [7, 11) is 0. The predicted molar refractivity (Wildman–Crippen MR) is 113 cm³/mol. The molecule has 0 bridgehead atoms. The van der Waals surface area contributed by atoms with Crippen molar-refractivity contribution in [1.82, 2.24) is 19.3 Å². The van der Waals surface area contributed by atoms with E-state index in [0.29, 0.717) is 11.7 Å². The maximum absolute atomic E-state index is 13.2. The molecule has 0 aliphatic carbocycles. The molecule has 4 rings (SSSR count). The zero-order valence-electron chi connectivity index (χ0n) is 16.6. The van der Waals surface area contributed by atoms with E-state index in [1.807, 2.05) is 73.9 Å². The third-order valence-corrected chi connectivity index (χ3v) is 5.99. The van der Waals surface area contributed by atoms with Gasteiger partial charge >= 0.3 is 0 Å². The smallest absolute Gasteiger partial charge is 0.196 e. The first-order valence-corrected chi connectivity index (χ1v) is 10.3. The monoisotopic (exact) mass is 406 g/mol. The second kappa shape index (κ2) is 8.13. The number of carbonyl (C=O) groups is 1. The van der Waals surface area contributed by atoms with Crippen molar-refractivity contribution >= 4 is 17.5 Å². The lowest BCUT2D eigenvalue weighted by molar-refractivity contribution is 0.0993. The summed E-state index contributed by atoms with van der Waals surface area (Å²) < 4.78 is 9.47. The van der Waals surface area contributed by atoms with Gasteiger partial charge in [0.05, 0.1) is 18.1 Å². The highest BCUT2D eigenvalue weighted by Crippen LogP contribution is 2.28. The van der Waals surface area contributed by atoms with Crippen LogP contribution in [0.5, 0.6) is 0 Å². The summed E-state index contributed by atoms with van der Waals surface area (Å²) in [6.07, 6.45) is 3.33. The van der Waals surface area contributed by atoms with Crippen LogP contribution in [0.2, 0.25) is 0 Å². The van der Waals surface area contributed by atoms with Crippen molar-refractivity contribution in [2.75, 3.05) is 0 Å². The lowest BCUT2D eigenvalue weighted by atomic mass is 10.1. The average Bonchev–Trinajstić information content (AvgIpc) is 3.46. The zero-order valence-corrected chi connectivity index (χ0v) is 17.4. The Morgan fingerprint density at radius 2 is 1.97 bits per heavy atom. The fourth-order valence-corrected chi connectivity index (χ4v) is 4.26. The maximum Gasteiger partial charge on any atom is 0.196 e. The van der Waals surface area contributed by atoms with Gasteiger partial charge in [0.2, 0.25) is 0 Å². The second-order valence-corrected chi connectivity index (χ2v) is 8.20. The number of nitrogens with zero attached hydrogens (tertiary/aromatic N) is 4. The number of aryl methyl sites for hydroxylation is 1. The quantitative estimate of drug-likeness (QED) is 0.329. The number of carbonyl (C=O) groups excluding carboxylic acids is 1. The van der Waals surface area contributed by atoms with E-state index in [2.05, 4.69) is 14.8 Å². The standard InChI is InChI=1S/C22H22N4O2S/c1-15-12-20(16(2)25(15)13-19-10-7-11-28-19)21(27)17(3)29-22-24-23-14-26(22)18-8-5-4-6-9-18/h4-12,14,17H,13H2,1-3H3/t17-/m1/s1. The highest BCUT2D eigenvalue weighted by Gasteiger charge is 2.24. The van der Waals surface area contributed by atoms with E-state index in [1.165, 1.54) is 11.8 Å². The van der Waals surface area contributed by atoms with Gasteiger partial charge in [0.1, 0.15) is 12.1 Å². The van der Waals surface area contributed by atoms with Crippen LogP contribution in [0.4, 0.5) is 0 Å². The van der Waals surface area contributed by atoms with Gasteiger partial charge in [0.15, 0.2) is 10.9 Å². The lowest BCUT2D eigenvalue weighted by Crippen LogP contribution is -2.15. The molecule has 0 fully saturated rings. The molecule has 1 atom stereocenters. The van der Waals surface area contributed by atoms with E-state index in [1.54, 1.807) is 12.6 Å². The highest BCUT2D eigenvalue weighted by molar-refractivity contribution is 8.00. The number of aromatic nitrogens is 4. The van der Waals surface area contributed by atoms with Crippen molar-refractivity contribution in [3.05, 3.63) is 83.8 Å². The number of para-hydroxylation sites is 1.